The van der Waals surface area contributed by atoms with Crippen molar-refractivity contribution in [2.24, 2.45) is 0 Å². The van der Waals surface area contributed by atoms with Gasteiger partial charge in [0.25, 0.3) is 0 Å². The summed E-state index contributed by atoms with van der Waals surface area (Å²) >= 11 is 3.45. The second kappa shape index (κ2) is 17.4. The number of alkyl halides is 1. The maximum absolute atomic E-state index is 5.49. The van der Waals surface area contributed by atoms with Crippen LogP contribution in [0.25, 0.3) is 0 Å². The molecule has 110 valence electrons. The molecule has 18 heavy (non-hydrogen) atoms. The molecular weight excluding hydrogens is 296 g/mol. The van der Waals surface area contributed by atoms with E-state index in [0.717, 1.165) is 11.9 Å². The van der Waals surface area contributed by atoms with Gasteiger partial charge in [-0.25, -0.2) is 0 Å². The zero-order chi connectivity index (χ0) is 13.3. The largest absolute Gasteiger partial charge is 0.382 e. The molecule has 0 saturated carbocycles. The summed E-state index contributed by atoms with van der Waals surface area (Å²) in [4.78, 5) is 0. The lowest BCUT2D eigenvalue weighted by molar-refractivity contribution is 0.0239. The molecule has 0 aliphatic carbocycles. The summed E-state index contributed by atoms with van der Waals surface area (Å²) < 4.78 is 15.7. The first-order valence-corrected chi connectivity index (χ1v) is 8.24. The highest BCUT2D eigenvalue weighted by Crippen LogP contribution is 2.07. The fourth-order valence-corrected chi connectivity index (χ4v) is 2.04. The van der Waals surface area contributed by atoms with Gasteiger partial charge in [-0.1, -0.05) is 48.0 Å². The van der Waals surface area contributed by atoms with E-state index in [9.17, 15) is 0 Å². The monoisotopic (exact) mass is 324 g/mol. The number of hydrogen-bond donors (Lipinski definition) is 0. The van der Waals surface area contributed by atoms with Crippen molar-refractivity contribution in [2.45, 2.75) is 44.9 Å². The van der Waals surface area contributed by atoms with Crippen LogP contribution in [0.1, 0.15) is 44.9 Å². The second-order valence-corrected chi connectivity index (χ2v) is 5.17. The first-order chi connectivity index (χ1) is 8.91. The van der Waals surface area contributed by atoms with Gasteiger partial charge in [-0.05, 0) is 12.8 Å². The van der Waals surface area contributed by atoms with E-state index in [1.54, 1.807) is 7.11 Å². The summed E-state index contributed by atoms with van der Waals surface area (Å²) in [6, 6.07) is 0. The van der Waals surface area contributed by atoms with Gasteiger partial charge in [0, 0.05) is 19.0 Å². The Labute approximate surface area is 121 Å². The average Bonchev–Trinajstić information content (AvgIpc) is 2.39. The van der Waals surface area contributed by atoms with Gasteiger partial charge >= 0.3 is 0 Å². The molecule has 0 radical (unpaired) electrons. The van der Waals surface area contributed by atoms with Crippen LogP contribution in [0.2, 0.25) is 0 Å². The van der Waals surface area contributed by atoms with E-state index in [1.807, 2.05) is 0 Å². The Morgan fingerprint density at radius 2 is 1.11 bits per heavy atom. The van der Waals surface area contributed by atoms with E-state index in [1.165, 1.54) is 44.9 Å². The minimum absolute atomic E-state index is 0.661. The fraction of sp³-hybridized carbons (Fsp3) is 1.00. The molecule has 0 spiro atoms. The van der Waals surface area contributed by atoms with Crippen LogP contribution in [0.5, 0.6) is 0 Å². The topological polar surface area (TPSA) is 27.7 Å². The van der Waals surface area contributed by atoms with Crippen LogP contribution in [0.3, 0.4) is 0 Å². The molecule has 0 aromatic rings. The maximum Gasteiger partial charge on any atom is 0.0701 e. The Bertz CT molecular complexity index is 129. The van der Waals surface area contributed by atoms with Crippen molar-refractivity contribution >= 4 is 15.9 Å². The highest BCUT2D eigenvalue weighted by molar-refractivity contribution is 9.09. The standard InChI is InChI=1S/C14H29BrO3/c1-16-11-12-18-14-13-17-10-8-6-4-2-3-5-7-9-15/h2-14H2,1H3. The molecule has 0 heterocycles. The van der Waals surface area contributed by atoms with Gasteiger partial charge in [0.15, 0.2) is 0 Å². The number of rotatable bonds is 15. The van der Waals surface area contributed by atoms with E-state index >= 15 is 0 Å². The average molecular weight is 325 g/mol. The van der Waals surface area contributed by atoms with E-state index in [-0.39, 0.29) is 0 Å². The molecule has 0 saturated heterocycles. The van der Waals surface area contributed by atoms with Crippen molar-refractivity contribution in [1.82, 2.24) is 0 Å². The number of hydrogen-bond acceptors (Lipinski definition) is 3. The van der Waals surface area contributed by atoms with Crippen molar-refractivity contribution in [1.29, 1.82) is 0 Å². The Hall–Kier alpha value is 0.360. The van der Waals surface area contributed by atoms with Gasteiger partial charge in [-0.15, -0.1) is 0 Å². The molecule has 0 aliphatic heterocycles. The van der Waals surface area contributed by atoms with Gasteiger partial charge < -0.3 is 14.2 Å². The van der Waals surface area contributed by atoms with Crippen LogP contribution in [-0.2, 0) is 14.2 Å². The minimum Gasteiger partial charge on any atom is -0.382 e. The number of methoxy groups -OCH3 is 1. The van der Waals surface area contributed by atoms with Gasteiger partial charge in [-0.3, -0.25) is 0 Å². The zero-order valence-corrected chi connectivity index (χ0v) is 13.4. The summed E-state index contributed by atoms with van der Waals surface area (Å²) in [6.07, 6.45) is 9.23. The van der Waals surface area contributed by atoms with Gasteiger partial charge in [0.05, 0.1) is 26.4 Å². The van der Waals surface area contributed by atoms with Gasteiger partial charge in [0.2, 0.25) is 0 Å². The van der Waals surface area contributed by atoms with Crippen LogP contribution in [0.15, 0.2) is 0 Å². The fourth-order valence-electron chi connectivity index (χ4n) is 1.65. The molecule has 0 aliphatic rings. The van der Waals surface area contributed by atoms with E-state index in [4.69, 9.17) is 14.2 Å². The zero-order valence-electron chi connectivity index (χ0n) is 11.8. The first-order valence-electron chi connectivity index (χ1n) is 7.12. The summed E-state index contributed by atoms with van der Waals surface area (Å²) in [7, 11) is 1.68. The number of halogens is 1. The Morgan fingerprint density at radius 1 is 0.611 bits per heavy atom. The normalized spacial score (nSPS) is 11.0. The van der Waals surface area contributed by atoms with E-state index in [0.29, 0.717) is 26.4 Å². The predicted octanol–water partition coefficient (Wildman–Crippen LogP) is 3.79. The smallest absolute Gasteiger partial charge is 0.0701 e. The van der Waals surface area contributed by atoms with Gasteiger partial charge in [-0.2, -0.15) is 0 Å². The molecule has 0 bridgehead atoms. The van der Waals surface area contributed by atoms with Crippen molar-refractivity contribution in [3.8, 4) is 0 Å². The van der Waals surface area contributed by atoms with Crippen molar-refractivity contribution in [3.05, 3.63) is 0 Å². The Kier molecular flexibility index (Phi) is 17.7. The summed E-state index contributed by atoms with van der Waals surface area (Å²) in [5, 5.41) is 1.15. The summed E-state index contributed by atoms with van der Waals surface area (Å²) in [5.41, 5.74) is 0. The van der Waals surface area contributed by atoms with Crippen LogP contribution in [0, 0.1) is 0 Å². The van der Waals surface area contributed by atoms with Crippen LogP contribution in [0.4, 0.5) is 0 Å². The minimum atomic E-state index is 0.661. The third kappa shape index (κ3) is 16.4. The Morgan fingerprint density at radius 3 is 1.72 bits per heavy atom. The second-order valence-electron chi connectivity index (χ2n) is 4.38. The molecule has 4 heteroatoms. The van der Waals surface area contributed by atoms with Crippen LogP contribution >= 0.6 is 15.9 Å². The van der Waals surface area contributed by atoms with Crippen molar-refractivity contribution < 1.29 is 14.2 Å². The van der Waals surface area contributed by atoms with Crippen LogP contribution < -0.4 is 0 Å². The Balaban J connectivity index is 2.86. The molecule has 0 rings (SSSR count). The lowest BCUT2D eigenvalue weighted by Crippen LogP contribution is -2.08. The molecule has 0 aromatic carbocycles. The maximum atomic E-state index is 5.49. The SMILES string of the molecule is COCCOCCOCCCCCCCCCBr. The third-order valence-electron chi connectivity index (χ3n) is 2.73. The molecule has 0 fully saturated rings. The molecule has 0 aromatic heterocycles. The number of ether oxygens (including phenoxy) is 3. The molecule has 0 N–H and O–H groups in total. The van der Waals surface area contributed by atoms with Crippen molar-refractivity contribution in [3.63, 3.8) is 0 Å². The lowest BCUT2D eigenvalue weighted by atomic mass is 10.1. The van der Waals surface area contributed by atoms with E-state index in [2.05, 4.69) is 15.9 Å². The van der Waals surface area contributed by atoms with E-state index < -0.39 is 0 Å². The van der Waals surface area contributed by atoms with Crippen LogP contribution in [-0.4, -0.2) is 45.5 Å². The highest BCUT2D eigenvalue weighted by atomic mass is 79.9. The molecule has 3 nitrogen and oxygen atoms in total. The van der Waals surface area contributed by atoms with Gasteiger partial charge in [0.1, 0.15) is 0 Å². The summed E-state index contributed by atoms with van der Waals surface area (Å²) in [6.45, 7) is 3.57. The molecule has 0 atom stereocenters. The molecular formula is C14H29BrO3. The first kappa shape index (κ1) is 18.4. The highest BCUT2D eigenvalue weighted by Gasteiger charge is 1.93. The van der Waals surface area contributed by atoms with Crippen molar-refractivity contribution in [2.75, 3.05) is 45.5 Å². The molecule has 0 amide bonds. The third-order valence-corrected chi connectivity index (χ3v) is 3.29. The summed E-state index contributed by atoms with van der Waals surface area (Å²) in [5.74, 6) is 0. The molecule has 0 unspecified atom stereocenters. The predicted molar refractivity (Wildman–Crippen MR) is 79.6 cm³/mol. The number of unbranched alkanes of at least 4 members (excludes halogenated alkanes) is 6. The lowest BCUT2D eigenvalue weighted by Gasteiger charge is -2.05. The quantitative estimate of drug-likeness (QED) is 0.339.